The number of benzene rings is 1. The third-order valence-corrected chi connectivity index (χ3v) is 4.79. The Kier molecular flexibility index (Phi) is 5.94. The highest BCUT2D eigenvalue weighted by atomic mass is 16.3. The van der Waals surface area contributed by atoms with Gasteiger partial charge in [-0.25, -0.2) is 0 Å². The fourth-order valence-electron chi connectivity index (χ4n) is 3.38. The summed E-state index contributed by atoms with van der Waals surface area (Å²) in [5, 5.41) is 2.76. The Labute approximate surface area is 153 Å². The van der Waals surface area contributed by atoms with Crippen molar-refractivity contribution in [3.8, 4) is 0 Å². The molecule has 2 aromatic rings. The average molecular weight is 355 g/mol. The second kappa shape index (κ2) is 8.56. The first-order valence-electron chi connectivity index (χ1n) is 9.01. The molecule has 0 spiro atoms. The Morgan fingerprint density at radius 3 is 2.81 bits per heavy atom. The third kappa shape index (κ3) is 4.45. The summed E-state index contributed by atoms with van der Waals surface area (Å²) >= 11 is 0. The molecule has 1 aliphatic rings. The second-order valence-corrected chi connectivity index (χ2v) is 6.62. The first-order chi connectivity index (χ1) is 12.6. The number of anilines is 1. The van der Waals surface area contributed by atoms with Gasteiger partial charge in [0.25, 0.3) is 5.91 Å². The maximum Gasteiger partial charge on any atom is 0.254 e. The normalized spacial score (nSPS) is 16.5. The third-order valence-electron chi connectivity index (χ3n) is 4.79. The summed E-state index contributed by atoms with van der Waals surface area (Å²) in [4.78, 5) is 28.6. The molecule has 0 saturated carbocycles. The molecule has 26 heavy (non-hydrogen) atoms. The Morgan fingerprint density at radius 2 is 2.08 bits per heavy atom. The van der Waals surface area contributed by atoms with Crippen molar-refractivity contribution in [1.29, 1.82) is 0 Å². The molecule has 0 radical (unpaired) electrons. The molecule has 1 fully saturated rings. The number of amides is 2. The quantitative estimate of drug-likeness (QED) is 0.829. The van der Waals surface area contributed by atoms with Crippen molar-refractivity contribution in [2.45, 2.75) is 25.3 Å². The van der Waals surface area contributed by atoms with Gasteiger partial charge in [0, 0.05) is 44.8 Å². The number of carbonyl (C=O) groups is 2. The van der Waals surface area contributed by atoms with E-state index in [1.165, 1.54) is 12.5 Å². The summed E-state index contributed by atoms with van der Waals surface area (Å²) in [5.41, 5.74) is 1.63. The van der Waals surface area contributed by atoms with E-state index in [1.54, 1.807) is 6.07 Å². The van der Waals surface area contributed by atoms with Crippen LogP contribution in [-0.2, 0) is 4.79 Å². The van der Waals surface area contributed by atoms with Gasteiger partial charge in [0.05, 0.1) is 11.8 Å². The predicted molar refractivity (Wildman–Crippen MR) is 100 cm³/mol. The molecule has 6 heteroatoms. The van der Waals surface area contributed by atoms with Gasteiger partial charge in [-0.3, -0.25) is 9.59 Å². The van der Waals surface area contributed by atoms with Crippen molar-refractivity contribution in [3.05, 3.63) is 54.5 Å². The molecule has 3 rings (SSSR count). The van der Waals surface area contributed by atoms with Crippen LogP contribution in [0.25, 0.3) is 0 Å². The van der Waals surface area contributed by atoms with Crippen LogP contribution in [0.2, 0.25) is 0 Å². The molecule has 138 valence electrons. The average Bonchev–Trinajstić information content (AvgIpc) is 3.34. The van der Waals surface area contributed by atoms with Crippen molar-refractivity contribution < 1.29 is 14.0 Å². The number of likely N-dealkylation sites (tertiary alicyclic amines) is 1. The van der Waals surface area contributed by atoms with Crippen LogP contribution in [0.15, 0.2) is 53.3 Å². The van der Waals surface area contributed by atoms with E-state index in [4.69, 9.17) is 4.42 Å². The number of nitrogens with one attached hydrogen (secondary N) is 1. The molecule has 2 amide bonds. The number of rotatable bonds is 7. The van der Waals surface area contributed by atoms with Crippen LogP contribution in [0.1, 0.15) is 29.6 Å². The van der Waals surface area contributed by atoms with Gasteiger partial charge >= 0.3 is 0 Å². The summed E-state index contributed by atoms with van der Waals surface area (Å²) < 4.78 is 4.89. The van der Waals surface area contributed by atoms with E-state index in [9.17, 15) is 9.59 Å². The lowest BCUT2D eigenvalue weighted by atomic mass is 10.2. The molecular formula is C20H25N3O3. The number of furan rings is 1. The second-order valence-electron chi connectivity index (χ2n) is 6.62. The summed E-state index contributed by atoms with van der Waals surface area (Å²) in [5.74, 6) is -0.116. The van der Waals surface area contributed by atoms with Gasteiger partial charge in [-0.1, -0.05) is 18.2 Å². The molecule has 1 N–H and O–H groups in total. The zero-order chi connectivity index (χ0) is 18.4. The highest BCUT2D eigenvalue weighted by Crippen LogP contribution is 2.21. The van der Waals surface area contributed by atoms with E-state index in [0.717, 1.165) is 31.6 Å². The molecule has 6 nitrogen and oxygen atoms in total. The SMILES string of the molecule is CN(CC1CCCN1C(=O)CCNC(=O)c1ccoc1)c1ccccc1. The van der Waals surface area contributed by atoms with Crippen molar-refractivity contribution in [1.82, 2.24) is 10.2 Å². The van der Waals surface area contributed by atoms with E-state index in [2.05, 4.69) is 29.4 Å². The van der Waals surface area contributed by atoms with Crippen LogP contribution in [0.3, 0.4) is 0 Å². The first-order valence-corrected chi connectivity index (χ1v) is 9.01. The van der Waals surface area contributed by atoms with Crippen LogP contribution in [0.4, 0.5) is 5.69 Å². The number of carbonyl (C=O) groups excluding carboxylic acids is 2. The standard InChI is InChI=1S/C20H25N3O3/c1-22(17-6-3-2-4-7-17)14-18-8-5-12-23(18)19(24)9-11-21-20(25)16-10-13-26-15-16/h2-4,6-7,10,13,15,18H,5,8-9,11-12,14H2,1H3,(H,21,25). The van der Waals surface area contributed by atoms with E-state index in [0.29, 0.717) is 18.5 Å². The van der Waals surface area contributed by atoms with E-state index < -0.39 is 0 Å². The van der Waals surface area contributed by atoms with Crippen molar-refractivity contribution in [3.63, 3.8) is 0 Å². The highest BCUT2D eigenvalue weighted by molar-refractivity contribution is 5.94. The largest absolute Gasteiger partial charge is 0.472 e. The topological polar surface area (TPSA) is 65.8 Å². The highest BCUT2D eigenvalue weighted by Gasteiger charge is 2.29. The summed E-state index contributed by atoms with van der Waals surface area (Å²) in [6.07, 6.45) is 5.21. The van der Waals surface area contributed by atoms with Gasteiger partial charge in [0.15, 0.2) is 0 Å². The van der Waals surface area contributed by atoms with Crippen molar-refractivity contribution in [2.24, 2.45) is 0 Å². The first kappa shape index (κ1) is 18.0. The van der Waals surface area contributed by atoms with Gasteiger partial charge in [-0.05, 0) is 31.0 Å². The van der Waals surface area contributed by atoms with Crippen LogP contribution in [-0.4, -0.2) is 49.4 Å². The van der Waals surface area contributed by atoms with Crippen molar-refractivity contribution >= 4 is 17.5 Å². The minimum absolute atomic E-state index is 0.0986. The minimum atomic E-state index is -0.215. The minimum Gasteiger partial charge on any atom is -0.472 e. The van der Waals surface area contributed by atoms with E-state index in [-0.39, 0.29) is 17.9 Å². The van der Waals surface area contributed by atoms with E-state index >= 15 is 0 Å². The zero-order valence-electron chi connectivity index (χ0n) is 15.1. The van der Waals surface area contributed by atoms with Gasteiger partial charge in [0.1, 0.15) is 6.26 Å². The summed E-state index contributed by atoms with van der Waals surface area (Å²) in [6.45, 7) is 1.94. The Hall–Kier alpha value is -2.76. The van der Waals surface area contributed by atoms with Crippen LogP contribution < -0.4 is 10.2 Å². The van der Waals surface area contributed by atoms with Crippen molar-refractivity contribution in [2.75, 3.05) is 31.6 Å². The lowest BCUT2D eigenvalue weighted by molar-refractivity contribution is -0.131. The number of hydrogen-bond acceptors (Lipinski definition) is 4. The molecule has 2 heterocycles. The fourth-order valence-corrected chi connectivity index (χ4v) is 3.38. The van der Waals surface area contributed by atoms with Crippen LogP contribution >= 0.6 is 0 Å². The smallest absolute Gasteiger partial charge is 0.254 e. The zero-order valence-corrected chi connectivity index (χ0v) is 15.1. The Bertz CT molecular complexity index is 715. The molecule has 1 unspecified atom stereocenters. The van der Waals surface area contributed by atoms with Gasteiger partial charge in [-0.2, -0.15) is 0 Å². The molecule has 1 aliphatic heterocycles. The molecular weight excluding hydrogens is 330 g/mol. The van der Waals surface area contributed by atoms with Gasteiger partial charge in [-0.15, -0.1) is 0 Å². The Morgan fingerprint density at radius 1 is 1.27 bits per heavy atom. The van der Waals surface area contributed by atoms with Crippen LogP contribution in [0.5, 0.6) is 0 Å². The summed E-state index contributed by atoms with van der Waals surface area (Å²) in [6, 6.07) is 12.0. The molecule has 1 atom stereocenters. The number of hydrogen-bond donors (Lipinski definition) is 1. The number of nitrogens with zero attached hydrogens (tertiary/aromatic N) is 2. The molecule has 0 aliphatic carbocycles. The molecule has 0 bridgehead atoms. The lowest BCUT2D eigenvalue weighted by Gasteiger charge is -2.30. The maximum atomic E-state index is 12.6. The van der Waals surface area contributed by atoms with Gasteiger partial charge < -0.3 is 19.5 Å². The monoisotopic (exact) mass is 355 g/mol. The fraction of sp³-hybridized carbons (Fsp3) is 0.400. The maximum absolute atomic E-state index is 12.6. The van der Waals surface area contributed by atoms with E-state index in [1.807, 2.05) is 23.1 Å². The summed E-state index contributed by atoms with van der Waals surface area (Å²) in [7, 11) is 2.06. The molecule has 1 aromatic carbocycles. The predicted octanol–water partition coefficient (Wildman–Crippen LogP) is 2.53. The Balaban J connectivity index is 1.48. The van der Waals surface area contributed by atoms with Gasteiger partial charge in [0.2, 0.25) is 5.91 Å². The molecule has 1 saturated heterocycles. The molecule has 1 aromatic heterocycles. The lowest BCUT2D eigenvalue weighted by Crippen LogP contribution is -2.43. The van der Waals surface area contributed by atoms with Crippen LogP contribution in [0, 0.1) is 0 Å². The number of para-hydroxylation sites is 1. The number of likely N-dealkylation sites (N-methyl/N-ethyl adjacent to an activating group) is 1.